The van der Waals surface area contributed by atoms with Gasteiger partial charge in [-0.25, -0.2) is 4.99 Å². The number of aliphatic imine (C=N–C) groups is 1. The molecule has 2 aromatic rings. The van der Waals surface area contributed by atoms with E-state index < -0.39 is 0 Å². The third kappa shape index (κ3) is 3.59. The Balaban J connectivity index is 1.85. The quantitative estimate of drug-likeness (QED) is 0.704. The lowest BCUT2D eigenvalue weighted by atomic mass is 10.2. The Hall–Kier alpha value is -1.79. The fourth-order valence-electron chi connectivity index (χ4n) is 2.10. The van der Waals surface area contributed by atoms with Gasteiger partial charge in [0.15, 0.2) is 9.84 Å². The lowest BCUT2D eigenvalue weighted by molar-refractivity contribution is -0.121. The minimum atomic E-state index is -0.0774. The number of benzene rings is 1. The summed E-state index contributed by atoms with van der Waals surface area (Å²) < 4.78 is 6.06. The largest absolute Gasteiger partial charge is 0.450 e. The normalized spacial score (nSPS) is 18.4. The number of furan rings is 1. The number of halogens is 1. The highest BCUT2D eigenvalue weighted by Gasteiger charge is 2.30. The maximum atomic E-state index is 12.3. The van der Waals surface area contributed by atoms with Gasteiger partial charge >= 0.3 is 0 Å². The first kappa shape index (κ1) is 16.1. The zero-order chi connectivity index (χ0) is 16.4. The second-order valence-corrected chi connectivity index (χ2v) is 6.82. The summed E-state index contributed by atoms with van der Waals surface area (Å²) in [6, 6.07) is 11.6. The molecule has 0 saturated carbocycles. The van der Waals surface area contributed by atoms with Crippen LogP contribution in [0.25, 0.3) is 6.08 Å². The number of carbonyl (C=O) groups is 1. The minimum Gasteiger partial charge on any atom is -0.450 e. The molecule has 1 aromatic heterocycles. The molecular weight excluding hydrogens is 376 g/mol. The number of likely N-dealkylation sites (N-methyl/N-ethyl adjacent to an activating group) is 1. The molecule has 3 rings (SSSR count). The van der Waals surface area contributed by atoms with Crippen molar-refractivity contribution in [3.63, 3.8) is 0 Å². The van der Waals surface area contributed by atoms with Gasteiger partial charge in [-0.05, 0) is 63.9 Å². The van der Waals surface area contributed by atoms with Crippen LogP contribution in [0.4, 0.5) is 5.69 Å². The molecule has 6 heteroatoms. The van der Waals surface area contributed by atoms with Crippen molar-refractivity contribution in [1.29, 1.82) is 0 Å². The van der Waals surface area contributed by atoms with Gasteiger partial charge in [-0.3, -0.25) is 9.69 Å². The lowest BCUT2D eigenvalue weighted by Crippen LogP contribution is -2.23. The van der Waals surface area contributed by atoms with E-state index in [-0.39, 0.29) is 5.91 Å². The molecule has 1 aromatic carbocycles. The van der Waals surface area contributed by atoms with Gasteiger partial charge in [0.2, 0.25) is 0 Å². The van der Waals surface area contributed by atoms with Crippen molar-refractivity contribution in [2.45, 2.75) is 13.3 Å². The predicted octanol–water partition coefficient (Wildman–Crippen LogP) is 4.84. The van der Waals surface area contributed by atoms with Crippen molar-refractivity contribution < 1.29 is 9.21 Å². The van der Waals surface area contributed by atoms with Crippen molar-refractivity contribution in [2.75, 3.05) is 7.05 Å². The maximum absolute atomic E-state index is 12.3. The molecule has 23 heavy (non-hydrogen) atoms. The summed E-state index contributed by atoms with van der Waals surface area (Å²) in [6.45, 7) is 2.12. The number of carbonyl (C=O) groups excluding carboxylic acids is 1. The number of hydrogen-bond donors (Lipinski definition) is 0. The number of amides is 1. The first-order valence-corrected chi connectivity index (χ1v) is 8.78. The molecule has 2 heterocycles. The van der Waals surface area contributed by atoms with E-state index in [2.05, 4.69) is 40.0 Å². The molecule has 0 radical (unpaired) electrons. The molecular formula is C17H15BrN2O2S. The van der Waals surface area contributed by atoms with Gasteiger partial charge < -0.3 is 4.42 Å². The zero-order valence-electron chi connectivity index (χ0n) is 12.7. The van der Waals surface area contributed by atoms with Crippen molar-refractivity contribution in [3.8, 4) is 0 Å². The molecule has 4 nitrogen and oxygen atoms in total. The molecule has 0 aliphatic carbocycles. The fourth-order valence-corrected chi connectivity index (χ4v) is 3.39. The average molecular weight is 391 g/mol. The van der Waals surface area contributed by atoms with Crippen molar-refractivity contribution in [3.05, 3.63) is 57.3 Å². The summed E-state index contributed by atoms with van der Waals surface area (Å²) in [7, 11) is 1.73. The van der Waals surface area contributed by atoms with E-state index in [4.69, 9.17) is 4.42 Å². The first-order valence-electron chi connectivity index (χ1n) is 7.17. The molecule has 0 N–H and O–H groups in total. The van der Waals surface area contributed by atoms with Crippen LogP contribution in [-0.2, 0) is 11.2 Å². The van der Waals surface area contributed by atoms with Gasteiger partial charge in [-0.2, -0.15) is 0 Å². The van der Waals surface area contributed by atoms with Gasteiger partial charge in [0.05, 0.1) is 10.6 Å². The standard InChI is InChI=1S/C17H15BrN2O2S/c1-3-11-4-6-12(7-5-11)19-17-20(2)16(21)14(23-17)10-13-8-9-15(18)22-13/h4-10H,3H2,1-2H3/b14-10+,19-17?. The highest BCUT2D eigenvalue weighted by Crippen LogP contribution is 2.33. The molecule has 118 valence electrons. The number of rotatable bonds is 3. The van der Waals surface area contributed by atoms with Gasteiger partial charge in [0, 0.05) is 13.1 Å². The Morgan fingerprint density at radius 2 is 2.00 bits per heavy atom. The van der Waals surface area contributed by atoms with Crippen LogP contribution in [0.1, 0.15) is 18.2 Å². The van der Waals surface area contributed by atoms with Crippen molar-refractivity contribution in [2.24, 2.45) is 4.99 Å². The second kappa shape index (κ2) is 6.76. The molecule has 0 bridgehead atoms. The summed E-state index contributed by atoms with van der Waals surface area (Å²) in [5.41, 5.74) is 2.10. The van der Waals surface area contributed by atoms with E-state index in [1.54, 1.807) is 24.1 Å². The van der Waals surface area contributed by atoms with E-state index in [0.717, 1.165) is 12.1 Å². The maximum Gasteiger partial charge on any atom is 0.266 e. The monoisotopic (exact) mass is 390 g/mol. The Kier molecular flexibility index (Phi) is 4.73. The van der Waals surface area contributed by atoms with Crippen LogP contribution in [-0.4, -0.2) is 23.0 Å². The third-order valence-electron chi connectivity index (χ3n) is 3.44. The predicted molar refractivity (Wildman–Crippen MR) is 97.7 cm³/mol. The molecule has 1 amide bonds. The first-order chi connectivity index (χ1) is 11.1. The highest BCUT2D eigenvalue weighted by atomic mass is 79.9. The fraction of sp³-hybridized carbons (Fsp3) is 0.176. The smallest absolute Gasteiger partial charge is 0.266 e. The van der Waals surface area contributed by atoms with Crippen LogP contribution >= 0.6 is 27.7 Å². The van der Waals surface area contributed by atoms with Gasteiger partial charge in [-0.1, -0.05) is 19.1 Å². The Labute approximate surface area is 147 Å². The second-order valence-electron chi connectivity index (χ2n) is 5.03. The number of thioether (sulfide) groups is 1. The summed E-state index contributed by atoms with van der Waals surface area (Å²) in [5, 5.41) is 0.663. The summed E-state index contributed by atoms with van der Waals surface area (Å²) >= 11 is 4.60. The Morgan fingerprint density at radius 3 is 2.61 bits per heavy atom. The third-order valence-corrected chi connectivity index (χ3v) is 4.93. The number of nitrogens with zero attached hydrogens (tertiary/aromatic N) is 2. The number of aryl methyl sites for hydroxylation is 1. The molecule has 0 atom stereocenters. The molecule has 0 unspecified atom stereocenters. The lowest BCUT2D eigenvalue weighted by Gasteiger charge is -2.07. The van der Waals surface area contributed by atoms with Gasteiger partial charge in [0.25, 0.3) is 5.91 Å². The molecule has 1 aliphatic rings. The zero-order valence-corrected chi connectivity index (χ0v) is 15.1. The molecule has 1 fully saturated rings. The summed E-state index contributed by atoms with van der Waals surface area (Å²) in [5.74, 6) is 0.557. The van der Waals surface area contributed by atoms with Crippen LogP contribution in [0.2, 0.25) is 0 Å². The Morgan fingerprint density at radius 1 is 1.26 bits per heavy atom. The average Bonchev–Trinajstić information content (AvgIpc) is 3.07. The van der Waals surface area contributed by atoms with Crippen LogP contribution < -0.4 is 0 Å². The highest BCUT2D eigenvalue weighted by molar-refractivity contribution is 9.10. The summed E-state index contributed by atoms with van der Waals surface area (Å²) in [4.78, 5) is 19.0. The van der Waals surface area contributed by atoms with E-state index >= 15 is 0 Å². The molecule has 1 saturated heterocycles. The van der Waals surface area contributed by atoms with Crippen LogP contribution in [0.5, 0.6) is 0 Å². The van der Waals surface area contributed by atoms with Crippen LogP contribution in [0, 0.1) is 0 Å². The van der Waals surface area contributed by atoms with E-state index in [9.17, 15) is 4.79 Å². The molecule has 0 spiro atoms. The number of amidine groups is 1. The van der Waals surface area contributed by atoms with Gasteiger partial charge in [0.1, 0.15) is 5.76 Å². The van der Waals surface area contributed by atoms with Gasteiger partial charge in [-0.15, -0.1) is 0 Å². The van der Waals surface area contributed by atoms with Crippen molar-refractivity contribution in [1.82, 2.24) is 4.90 Å². The number of hydrogen-bond acceptors (Lipinski definition) is 4. The van der Waals surface area contributed by atoms with Crippen molar-refractivity contribution >= 4 is 50.5 Å². The van der Waals surface area contributed by atoms with Crippen LogP contribution in [0.3, 0.4) is 0 Å². The van der Waals surface area contributed by atoms with E-state index in [1.165, 1.54) is 17.3 Å². The van der Waals surface area contributed by atoms with Crippen LogP contribution in [0.15, 0.2) is 55.4 Å². The Bertz CT molecular complexity index is 793. The topological polar surface area (TPSA) is 45.8 Å². The SMILES string of the molecule is CCc1ccc(N=C2S/C(=C/c3ccc(Br)o3)C(=O)N2C)cc1. The van der Waals surface area contributed by atoms with E-state index in [0.29, 0.717) is 20.5 Å². The molecule has 1 aliphatic heterocycles. The van der Waals surface area contributed by atoms with E-state index in [1.807, 2.05) is 18.2 Å². The summed E-state index contributed by atoms with van der Waals surface area (Å²) in [6.07, 6.45) is 2.73. The minimum absolute atomic E-state index is 0.0774.